The van der Waals surface area contributed by atoms with E-state index in [1.807, 2.05) is 23.6 Å². The van der Waals surface area contributed by atoms with E-state index in [2.05, 4.69) is 21.6 Å². The van der Waals surface area contributed by atoms with Crippen LogP contribution in [0.1, 0.15) is 33.1 Å². The quantitative estimate of drug-likeness (QED) is 0.137. The van der Waals surface area contributed by atoms with Gasteiger partial charge in [0.15, 0.2) is 0 Å². The predicted octanol–water partition coefficient (Wildman–Crippen LogP) is 4.66. The maximum atomic E-state index is 14.1. The number of carboxylic acids is 1. The van der Waals surface area contributed by atoms with Gasteiger partial charge in [0.1, 0.15) is 36.0 Å². The number of carboxylic acid groups (broad SMARTS) is 1. The largest absolute Gasteiger partial charge is 0.479 e. The molecule has 2 fully saturated rings. The van der Waals surface area contributed by atoms with Crippen molar-refractivity contribution in [3.63, 3.8) is 0 Å². The lowest BCUT2D eigenvalue weighted by atomic mass is 10.0. The van der Waals surface area contributed by atoms with E-state index >= 15 is 0 Å². The second-order valence-corrected chi connectivity index (χ2v) is 13.1. The van der Waals surface area contributed by atoms with E-state index in [0.717, 1.165) is 9.78 Å². The molecule has 2 aliphatic rings. The zero-order valence-corrected chi connectivity index (χ0v) is 27.2. The van der Waals surface area contributed by atoms with Gasteiger partial charge < -0.3 is 24.8 Å². The Labute approximate surface area is 282 Å². The third kappa shape index (κ3) is 7.62. The molecule has 1 saturated carbocycles. The minimum Gasteiger partial charge on any atom is -0.479 e. The van der Waals surface area contributed by atoms with Gasteiger partial charge in [0, 0.05) is 12.3 Å². The van der Waals surface area contributed by atoms with E-state index in [4.69, 9.17) is 9.72 Å². The highest BCUT2D eigenvalue weighted by Gasteiger charge is 2.61. The summed E-state index contributed by atoms with van der Waals surface area (Å²) in [5.41, 5.74) is -0.0978. The third-order valence-corrected chi connectivity index (χ3v) is 9.27. The minimum absolute atomic E-state index is 0.0812. The molecule has 3 amide bonds. The number of halogens is 3. The lowest BCUT2D eigenvalue weighted by Gasteiger charge is -2.33. The van der Waals surface area contributed by atoms with Gasteiger partial charge in [-0.15, -0.1) is 17.9 Å². The number of amides is 3. The number of para-hydroxylation sites is 2. The first-order valence-electron chi connectivity index (χ1n) is 15.3. The summed E-state index contributed by atoms with van der Waals surface area (Å²) in [6, 6.07) is 7.72. The summed E-state index contributed by atoms with van der Waals surface area (Å²) in [6.07, 6.45) is -7.24. The average Bonchev–Trinajstić information content (AvgIpc) is 3.33. The first kappa shape index (κ1) is 35.5. The number of fused-ring (bicyclic) bond motifs is 1. The van der Waals surface area contributed by atoms with Crippen molar-refractivity contribution in [2.75, 3.05) is 13.2 Å². The first-order valence-corrected chi connectivity index (χ1v) is 16.2. The lowest BCUT2D eigenvalue weighted by Crippen LogP contribution is -2.57. The second-order valence-electron chi connectivity index (χ2n) is 12.2. The van der Waals surface area contributed by atoms with Crippen LogP contribution < -0.4 is 10.1 Å². The molecule has 1 aliphatic carbocycles. The summed E-state index contributed by atoms with van der Waals surface area (Å²) in [7, 11) is 0. The summed E-state index contributed by atoms with van der Waals surface area (Å²) in [4.78, 5) is 63.7. The number of nitrogens with zero attached hydrogens (tertiary/aromatic N) is 4. The van der Waals surface area contributed by atoms with E-state index in [1.165, 1.54) is 31.3 Å². The maximum Gasteiger partial charge on any atom is 0.434 e. The topological polar surface area (TPSA) is 171 Å². The van der Waals surface area contributed by atoms with Gasteiger partial charge in [-0.3, -0.25) is 14.8 Å². The molecular formula is C32H34F3N5O8S. The number of carbonyl (C=O) groups excluding carboxylic acids is 3. The van der Waals surface area contributed by atoms with Crippen LogP contribution in [-0.4, -0.2) is 97.2 Å². The number of carbonyl (C=O) groups is 4. The van der Waals surface area contributed by atoms with Gasteiger partial charge in [0.25, 0.3) is 0 Å². The van der Waals surface area contributed by atoms with Gasteiger partial charge in [-0.25, -0.2) is 19.6 Å². The Bertz CT molecular complexity index is 1740. The monoisotopic (exact) mass is 705 g/mol. The Hall–Kier alpha value is -4.77. The fraction of sp³-hybridized carbons (Fsp3) is 0.438. The van der Waals surface area contributed by atoms with Crippen LogP contribution in [0.5, 0.6) is 5.88 Å². The number of benzene rings is 1. The van der Waals surface area contributed by atoms with Crippen LogP contribution in [-0.2, 0) is 19.1 Å². The molecule has 3 heterocycles. The van der Waals surface area contributed by atoms with Gasteiger partial charge in [-0.2, -0.15) is 18.2 Å². The number of ether oxygens (including phenoxy) is 2. The number of nitrogens with one attached hydrogen (secondary N) is 1. The number of thiophene rings is 1. The number of aromatic nitrogens is 2. The summed E-state index contributed by atoms with van der Waals surface area (Å²) in [6.45, 7) is 5.22. The fourth-order valence-corrected chi connectivity index (χ4v) is 6.47. The zero-order chi connectivity index (χ0) is 35.7. The van der Waals surface area contributed by atoms with Crippen LogP contribution in [0.15, 0.2) is 54.4 Å². The summed E-state index contributed by atoms with van der Waals surface area (Å²) < 4.78 is 48.7. The van der Waals surface area contributed by atoms with Crippen molar-refractivity contribution in [2.45, 2.75) is 63.0 Å². The molecule has 0 radical (unpaired) electrons. The van der Waals surface area contributed by atoms with Gasteiger partial charge in [-0.1, -0.05) is 38.1 Å². The molecule has 0 bridgehead atoms. The van der Waals surface area contributed by atoms with E-state index in [-0.39, 0.29) is 30.3 Å². The van der Waals surface area contributed by atoms with Crippen LogP contribution in [0.3, 0.4) is 0 Å². The van der Waals surface area contributed by atoms with Gasteiger partial charge in [0.05, 0.1) is 28.9 Å². The molecule has 262 valence electrons. The lowest BCUT2D eigenvalue weighted by molar-refractivity contribution is -0.166. The highest BCUT2D eigenvalue weighted by molar-refractivity contribution is 7.13. The number of hydroxylamine groups is 2. The van der Waals surface area contributed by atoms with Crippen LogP contribution in [0, 0.1) is 11.8 Å². The number of likely N-dealkylation sites (tertiary alicyclic amines) is 1. The van der Waals surface area contributed by atoms with Crippen molar-refractivity contribution >= 4 is 46.2 Å². The average molecular weight is 706 g/mol. The van der Waals surface area contributed by atoms with Crippen molar-refractivity contribution in [1.82, 2.24) is 25.2 Å². The summed E-state index contributed by atoms with van der Waals surface area (Å²) in [5.74, 6) is -4.31. The van der Waals surface area contributed by atoms with Crippen molar-refractivity contribution in [3.8, 4) is 16.5 Å². The number of alkyl halides is 3. The smallest absolute Gasteiger partial charge is 0.434 e. The number of hydrogen-bond donors (Lipinski definition) is 3. The maximum absolute atomic E-state index is 14.1. The van der Waals surface area contributed by atoms with Crippen molar-refractivity contribution in [1.29, 1.82) is 0 Å². The highest BCUT2D eigenvalue weighted by Crippen LogP contribution is 2.45. The molecule has 1 aliphatic heterocycles. The van der Waals surface area contributed by atoms with Crippen LogP contribution in [0.25, 0.3) is 21.6 Å². The predicted molar refractivity (Wildman–Crippen MR) is 168 cm³/mol. The van der Waals surface area contributed by atoms with E-state index in [0.29, 0.717) is 16.7 Å². The molecule has 3 N–H and O–H groups in total. The molecule has 3 aromatic rings. The normalized spacial score (nSPS) is 22.4. The van der Waals surface area contributed by atoms with Crippen molar-refractivity contribution in [2.24, 2.45) is 11.8 Å². The molecule has 2 unspecified atom stereocenters. The number of hydrogen-bond acceptors (Lipinski definition) is 10. The number of aliphatic carboxylic acids is 1. The fourth-order valence-electron chi connectivity index (χ4n) is 5.77. The molecule has 2 aromatic heterocycles. The van der Waals surface area contributed by atoms with E-state index in [1.54, 1.807) is 18.2 Å². The highest BCUT2D eigenvalue weighted by atomic mass is 32.1. The molecule has 5 atom stereocenters. The van der Waals surface area contributed by atoms with Crippen LogP contribution in [0.4, 0.5) is 18.0 Å². The molecule has 1 aromatic carbocycles. The van der Waals surface area contributed by atoms with Gasteiger partial charge >= 0.3 is 18.2 Å². The number of rotatable bonds is 12. The standard InChI is InChI=1S/C32H34F3N5O8S/c1-4-18-15-31(18,29(43)44)38-26(41)22-14-19(48-27-24(23-10-7-13-49-23)36-20-8-5-6-9-21(20)37-27)16-39(22)28(42)25(17(2)3)40(46)30(45)47-12-11-32(33,34)35/h4-10,13,17-19,22,25,46H,1,11-12,14-16H2,2-3H3,(H,38,41)(H,43,44)/t18-,19-,22+,25?,31?/m1/s1. The van der Waals surface area contributed by atoms with E-state index in [9.17, 15) is 42.7 Å². The summed E-state index contributed by atoms with van der Waals surface area (Å²) in [5, 5.41) is 24.9. The third-order valence-electron chi connectivity index (χ3n) is 8.39. The molecular weight excluding hydrogens is 671 g/mol. The molecule has 13 nitrogen and oxygen atoms in total. The Morgan fingerprint density at radius 1 is 1.18 bits per heavy atom. The van der Waals surface area contributed by atoms with Crippen molar-refractivity contribution < 1.29 is 52.1 Å². The Kier molecular flexibility index (Phi) is 10.1. The molecule has 49 heavy (non-hydrogen) atoms. The second kappa shape index (κ2) is 14.0. The van der Waals surface area contributed by atoms with Crippen molar-refractivity contribution in [3.05, 3.63) is 54.4 Å². The molecule has 1 saturated heterocycles. The zero-order valence-electron chi connectivity index (χ0n) is 26.4. The summed E-state index contributed by atoms with van der Waals surface area (Å²) >= 11 is 1.39. The minimum atomic E-state index is -4.63. The van der Waals surface area contributed by atoms with E-state index < -0.39 is 78.6 Å². The Balaban J connectivity index is 1.44. The van der Waals surface area contributed by atoms with Gasteiger partial charge in [-0.05, 0) is 35.9 Å². The SMILES string of the molecule is C=C[C@@H]1CC1(NC(=O)[C@@H]1C[C@@H](Oc2nc3ccccc3nc2-c2cccs2)CN1C(=O)C(C(C)C)N(O)C(=O)OCCC(F)(F)F)C(=O)O. The van der Waals surface area contributed by atoms with Gasteiger partial charge in [0.2, 0.25) is 17.7 Å². The van der Waals surface area contributed by atoms with Crippen LogP contribution in [0.2, 0.25) is 0 Å². The Morgan fingerprint density at radius 2 is 1.88 bits per heavy atom. The van der Waals surface area contributed by atoms with Crippen LogP contribution >= 0.6 is 11.3 Å². The first-order chi connectivity index (χ1) is 23.1. The molecule has 0 spiro atoms. The molecule has 5 rings (SSSR count). The molecule has 17 heteroatoms. The Morgan fingerprint density at radius 3 is 2.45 bits per heavy atom.